The molecule has 0 radical (unpaired) electrons. The molecule has 1 rings (SSSR count). The van der Waals surface area contributed by atoms with E-state index in [0.29, 0.717) is 25.5 Å². The van der Waals surface area contributed by atoms with Crippen molar-refractivity contribution >= 4 is 29.9 Å². The Morgan fingerprint density at radius 3 is 2.25 bits per heavy atom. The number of hydrogen-bond acceptors (Lipinski definition) is 2. The van der Waals surface area contributed by atoms with Crippen LogP contribution in [0.5, 0.6) is 5.75 Å². The summed E-state index contributed by atoms with van der Waals surface area (Å²) in [6.45, 7) is 4.89. The first kappa shape index (κ1) is 22.8. The molecule has 0 saturated heterocycles. The average Bonchev–Trinajstić information content (AvgIpc) is 2.46. The highest BCUT2D eigenvalue weighted by Crippen LogP contribution is 2.22. The monoisotopic (exact) mass is 459 g/mol. The zero-order chi connectivity index (χ0) is 17.3. The second-order valence-corrected chi connectivity index (χ2v) is 5.21. The lowest BCUT2D eigenvalue weighted by Crippen LogP contribution is -2.39. The van der Waals surface area contributed by atoms with Crippen LogP contribution in [0.3, 0.4) is 0 Å². The number of halogens is 4. The quantitative estimate of drug-likeness (QED) is 0.282. The van der Waals surface area contributed by atoms with Crippen LogP contribution in [0, 0.1) is 13.8 Å². The Morgan fingerprint density at radius 1 is 1.12 bits per heavy atom. The Balaban J connectivity index is 0.00000529. The van der Waals surface area contributed by atoms with E-state index >= 15 is 0 Å². The van der Waals surface area contributed by atoms with Gasteiger partial charge in [0, 0.05) is 20.1 Å². The Morgan fingerprint density at radius 2 is 1.71 bits per heavy atom. The number of alkyl halides is 3. The van der Waals surface area contributed by atoms with E-state index in [1.54, 1.807) is 0 Å². The van der Waals surface area contributed by atoms with E-state index in [9.17, 15) is 13.2 Å². The van der Waals surface area contributed by atoms with Gasteiger partial charge in [-0.05, 0) is 31.4 Å². The summed E-state index contributed by atoms with van der Waals surface area (Å²) < 4.78 is 42.0. The molecule has 24 heavy (non-hydrogen) atoms. The van der Waals surface area contributed by atoms with Gasteiger partial charge in [0.2, 0.25) is 0 Å². The third kappa shape index (κ3) is 9.19. The van der Waals surface area contributed by atoms with Crippen LogP contribution in [0.2, 0.25) is 0 Å². The van der Waals surface area contributed by atoms with E-state index in [1.807, 2.05) is 32.0 Å². The summed E-state index contributed by atoms with van der Waals surface area (Å²) in [4.78, 5) is 3.88. The molecule has 0 amide bonds. The van der Waals surface area contributed by atoms with Gasteiger partial charge in [-0.15, -0.1) is 24.0 Å². The van der Waals surface area contributed by atoms with Crippen molar-refractivity contribution in [2.24, 2.45) is 4.99 Å². The van der Waals surface area contributed by atoms with Gasteiger partial charge in [-0.3, -0.25) is 4.99 Å². The first-order valence-electron chi connectivity index (χ1n) is 7.54. The topological polar surface area (TPSA) is 45.7 Å². The number of rotatable bonds is 7. The van der Waals surface area contributed by atoms with E-state index in [0.717, 1.165) is 16.9 Å². The number of nitrogens with one attached hydrogen (secondary N) is 2. The minimum absolute atomic E-state index is 0. The average molecular weight is 459 g/mol. The van der Waals surface area contributed by atoms with Crippen molar-refractivity contribution in [2.75, 3.05) is 26.7 Å². The fourth-order valence-electron chi connectivity index (χ4n) is 2.02. The highest BCUT2D eigenvalue weighted by Gasteiger charge is 2.26. The Bertz CT molecular complexity index is 502. The van der Waals surface area contributed by atoms with Gasteiger partial charge in [0.15, 0.2) is 5.96 Å². The summed E-state index contributed by atoms with van der Waals surface area (Å²) in [6, 6.07) is 5.97. The first-order valence-corrected chi connectivity index (χ1v) is 7.54. The molecule has 138 valence electrons. The van der Waals surface area contributed by atoms with Gasteiger partial charge < -0.3 is 15.4 Å². The fraction of sp³-hybridized carbons (Fsp3) is 0.562. The largest absolute Gasteiger partial charge is 0.493 e. The van der Waals surface area contributed by atoms with Gasteiger partial charge in [-0.1, -0.05) is 18.2 Å². The molecule has 0 fully saturated rings. The lowest BCUT2D eigenvalue weighted by Gasteiger charge is -2.14. The summed E-state index contributed by atoms with van der Waals surface area (Å²) in [5.41, 5.74) is 2.17. The number of nitrogens with zero attached hydrogens (tertiary/aromatic N) is 1. The van der Waals surface area contributed by atoms with Gasteiger partial charge >= 0.3 is 6.18 Å². The zero-order valence-electron chi connectivity index (χ0n) is 14.2. The van der Waals surface area contributed by atoms with Crippen LogP contribution in [-0.4, -0.2) is 38.9 Å². The first-order chi connectivity index (χ1) is 10.8. The minimum Gasteiger partial charge on any atom is -0.493 e. The third-order valence-electron chi connectivity index (χ3n) is 3.19. The number of aliphatic imine (C=N–C) groups is 1. The molecule has 8 heteroatoms. The van der Waals surface area contributed by atoms with Crippen LogP contribution < -0.4 is 15.4 Å². The second kappa shape index (κ2) is 11.4. The molecule has 0 aliphatic rings. The molecule has 0 spiro atoms. The molecule has 0 saturated carbocycles. The van der Waals surface area contributed by atoms with Crippen molar-refractivity contribution in [2.45, 2.75) is 32.9 Å². The molecule has 0 unspecified atom stereocenters. The van der Waals surface area contributed by atoms with E-state index in [-0.39, 0.29) is 30.5 Å². The van der Waals surface area contributed by atoms with Gasteiger partial charge in [0.1, 0.15) is 5.75 Å². The van der Waals surface area contributed by atoms with Gasteiger partial charge in [0.05, 0.1) is 13.0 Å². The smallest absolute Gasteiger partial charge is 0.390 e. The van der Waals surface area contributed by atoms with E-state index in [4.69, 9.17) is 4.74 Å². The molecule has 0 aromatic heterocycles. The Labute approximate surface area is 158 Å². The molecule has 1 aromatic rings. The van der Waals surface area contributed by atoms with Crippen molar-refractivity contribution < 1.29 is 17.9 Å². The van der Waals surface area contributed by atoms with Crippen molar-refractivity contribution in [1.29, 1.82) is 0 Å². The summed E-state index contributed by atoms with van der Waals surface area (Å²) in [5, 5.41) is 5.59. The molecule has 0 atom stereocenters. The highest BCUT2D eigenvalue weighted by atomic mass is 127. The Kier molecular flexibility index (Phi) is 10.8. The van der Waals surface area contributed by atoms with E-state index in [1.165, 1.54) is 7.05 Å². The lowest BCUT2D eigenvalue weighted by atomic mass is 10.1. The maximum Gasteiger partial charge on any atom is 0.390 e. The van der Waals surface area contributed by atoms with Gasteiger partial charge in [-0.25, -0.2) is 0 Å². The highest BCUT2D eigenvalue weighted by molar-refractivity contribution is 14.0. The molecular weight excluding hydrogens is 434 g/mol. The summed E-state index contributed by atoms with van der Waals surface area (Å²) in [7, 11) is 1.52. The number of ether oxygens (including phenoxy) is 1. The number of para-hydroxylation sites is 1. The summed E-state index contributed by atoms with van der Waals surface area (Å²) >= 11 is 0. The predicted molar refractivity (Wildman–Crippen MR) is 101 cm³/mol. The van der Waals surface area contributed by atoms with Gasteiger partial charge in [0.25, 0.3) is 0 Å². The molecule has 1 aromatic carbocycles. The Hall–Kier alpha value is -1.19. The minimum atomic E-state index is -4.16. The SMILES string of the molecule is CN=C(NCCCOc1c(C)cccc1C)NCCC(F)(F)F.I. The third-order valence-corrected chi connectivity index (χ3v) is 3.19. The molecule has 0 aliphatic carbocycles. The van der Waals surface area contributed by atoms with Crippen LogP contribution in [0.1, 0.15) is 24.0 Å². The van der Waals surface area contributed by atoms with Crippen LogP contribution in [0.4, 0.5) is 13.2 Å². The van der Waals surface area contributed by atoms with Crippen molar-refractivity contribution in [1.82, 2.24) is 10.6 Å². The second-order valence-electron chi connectivity index (χ2n) is 5.21. The van der Waals surface area contributed by atoms with Crippen LogP contribution in [-0.2, 0) is 0 Å². The molecular formula is C16H25F3IN3O. The standard InChI is InChI=1S/C16H24F3N3O.HI/c1-12-6-4-7-13(2)14(12)23-11-5-9-21-15(20-3)22-10-8-16(17,18)19;/h4,6-7H,5,8-11H2,1-3H3,(H2,20,21,22);1H. The predicted octanol–water partition coefficient (Wildman–Crippen LogP) is 3.81. The number of hydrogen-bond donors (Lipinski definition) is 2. The van der Waals surface area contributed by atoms with E-state index < -0.39 is 12.6 Å². The van der Waals surface area contributed by atoms with Crippen LogP contribution >= 0.6 is 24.0 Å². The van der Waals surface area contributed by atoms with Crippen molar-refractivity contribution in [3.63, 3.8) is 0 Å². The zero-order valence-corrected chi connectivity index (χ0v) is 16.5. The van der Waals surface area contributed by atoms with Crippen molar-refractivity contribution in [3.8, 4) is 5.75 Å². The van der Waals surface area contributed by atoms with Crippen LogP contribution in [0.25, 0.3) is 0 Å². The number of guanidine groups is 1. The molecule has 0 aliphatic heterocycles. The normalized spacial score (nSPS) is 11.7. The molecule has 0 heterocycles. The number of aryl methyl sites for hydroxylation is 2. The molecule has 4 nitrogen and oxygen atoms in total. The maximum absolute atomic E-state index is 12.1. The van der Waals surface area contributed by atoms with Crippen molar-refractivity contribution in [3.05, 3.63) is 29.3 Å². The maximum atomic E-state index is 12.1. The summed E-state index contributed by atoms with van der Waals surface area (Å²) in [6.07, 6.45) is -4.33. The molecule has 2 N–H and O–H groups in total. The fourth-order valence-corrected chi connectivity index (χ4v) is 2.02. The van der Waals surface area contributed by atoms with Crippen LogP contribution in [0.15, 0.2) is 23.2 Å². The lowest BCUT2D eigenvalue weighted by molar-refractivity contribution is -0.132. The van der Waals surface area contributed by atoms with E-state index in [2.05, 4.69) is 15.6 Å². The summed E-state index contributed by atoms with van der Waals surface area (Å²) in [5.74, 6) is 1.25. The number of benzene rings is 1. The molecule has 0 bridgehead atoms. The van der Waals surface area contributed by atoms with Gasteiger partial charge in [-0.2, -0.15) is 13.2 Å².